The Balaban J connectivity index is 0.847. The van der Waals surface area contributed by atoms with Gasteiger partial charge in [-0.15, -0.1) is 0 Å². The van der Waals surface area contributed by atoms with Crippen LogP contribution in [0.5, 0.6) is 0 Å². The fraction of sp³-hybridized carbons (Fsp3) is 0.651. The third kappa shape index (κ3) is 18.3. The van der Waals surface area contributed by atoms with Crippen LogP contribution < -0.4 is 24.6 Å². The third-order valence-corrected chi connectivity index (χ3v) is 25.0. The average molecular weight is 1240 g/mol. The Morgan fingerprint density at radius 3 is 0.967 bits per heavy atom. The molecule has 0 bridgehead atoms. The van der Waals surface area contributed by atoms with Crippen LogP contribution in [0.3, 0.4) is 0 Å². The molecule has 0 radical (unpaired) electrons. The highest BCUT2D eigenvalue weighted by molar-refractivity contribution is 6.18. The maximum Gasteiger partial charge on any atom is 0.212 e. The summed E-state index contributed by atoms with van der Waals surface area (Å²) < 4.78 is 5.38. The van der Waals surface area contributed by atoms with Crippen molar-refractivity contribution in [3.8, 4) is 0 Å². The van der Waals surface area contributed by atoms with Crippen molar-refractivity contribution in [2.75, 3.05) is 59.3 Å². The topological polar surface area (TPSA) is 27.8 Å². The van der Waals surface area contributed by atoms with Crippen LogP contribution in [0.1, 0.15) is 263 Å². The fourth-order valence-electron chi connectivity index (χ4n) is 19.6. The van der Waals surface area contributed by atoms with E-state index in [0.717, 1.165) is 47.3 Å². The lowest BCUT2D eigenvalue weighted by molar-refractivity contribution is -0.542. The Hall–Kier alpha value is -5.10. The van der Waals surface area contributed by atoms with E-state index in [1.807, 2.05) is 0 Å². The summed E-state index contributed by atoms with van der Waals surface area (Å²) in [6, 6.07) is 39.8. The molecule has 4 aromatic rings. The van der Waals surface area contributed by atoms with E-state index in [4.69, 9.17) is 0 Å². The molecule has 0 aliphatic heterocycles. The Bertz CT molecular complexity index is 2770. The zero-order valence-electron chi connectivity index (χ0n) is 57.7. The van der Waals surface area contributed by atoms with Crippen molar-refractivity contribution in [2.24, 2.45) is 47.3 Å². The molecule has 0 heterocycles. The summed E-state index contributed by atoms with van der Waals surface area (Å²) in [5.41, 5.74) is 12.9. The average Bonchev–Trinajstić information content (AvgIpc) is 0.984. The molecule has 4 aromatic carbocycles. The van der Waals surface area contributed by atoms with Crippen LogP contribution in [0.15, 0.2) is 121 Å². The number of anilines is 6. The SMILES string of the molecule is C1=CC(=[N+](c2ccc(NC(CC3CCCCC3)C3CCCCC3)cc2)c2ccc(N(c3ccc(N(CC4CCCCC4)CC4CCCCC4)cc3)c3ccc(N(CC4CCCCC4)CC4CCCCC4)cc3)cc2)C=CC1=[N+](CC1CCCCC1)CC1CCCCC1. The summed E-state index contributed by atoms with van der Waals surface area (Å²) in [5, 5.41) is 4.24. The van der Waals surface area contributed by atoms with Crippen molar-refractivity contribution in [1.29, 1.82) is 0 Å². The molecule has 0 saturated heterocycles. The highest BCUT2D eigenvalue weighted by Crippen LogP contribution is 2.42. The highest BCUT2D eigenvalue weighted by atomic mass is 15.2. The van der Waals surface area contributed by atoms with Crippen LogP contribution in [0.4, 0.5) is 45.5 Å². The van der Waals surface area contributed by atoms with E-state index in [2.05, 4.69) is 151 Å². The number of benzene rings is 4. The molecule has 13 rings (SSSR count). The summed E-state index contributed by atoms with van der Waals surface area (Å²) in [5.74, 6) is 6.51. The summed E-state index contributed by atoms with van der Waals surface area (Å²) in [4.78, 5) is 8.23. The predicted octanol–water partition coefficient (Wildman–Crippen LogP) is 23.4. The number of nitrogens with one attached hydrogen (secondary N) is 1. The first-order chi connectivity index (χ1) is 45.6. The third-order valence-electron chi connectivity index (χ3n) is 25.0. The molecule has 9 aliphatic rings. The lowest BCUT2D eigenvalue weighted by Gasteiger charge is -2.36. The van der Waals surface area contributed by atoms with Crippen LogP contribution >= 0.6 is 0 Å². The van der Waals surface area contributed by atoms with Crippen molar-refractivity contribution in [3.63, 3.8) is 0 Å². The lowest BCUT2D eigenvalue weighted by Crippen LogP contribution is -2.35. The van der Waals surface area contributed by atoms with Gasteiger partial charge in [-0.05, 0) is 205 Å². The molecular formula is C86H124N6+2. The number of allylic oxidation sites excluding steroid dienone is 4. The fourth-order valence-corrected chi connectivity index (χ4v) is 19.6. The second-order valence-electron chi connectivity index (χ2n) is 31.9. The van der Waals surface area contributed by atoms with Crippen LogP contribution in [0.25, 0.3) is 0 Å². The highest BCUT2D eigenvalue weighted by Gasteiger charge is 2.32. The first-order valence-corrected chi connectivity index (χ1v) is 39.7. The van der Waals surface area contributed by atoms with E-state index in [1.165, 1.54) is 359 Å². The zero-order valence-corrected chi connectivity index (χ0v) is 57.7. The molecule has 496 valence electrons. The quantitative estimate of drug-likeness (QED) is 0.0559. The molecule has 1 atom stereocenters. The summed E-state index contributed by atoms with van der Waals surface area (Å²) in [6.45, 7) is 7.25. The number of hydrogen-bond acceptors (Lipinski definition) is 4. The van der Waals surface area contributed by atoms with Crippen molar-refractivity contribution in [2.45, 2.75) is 269 Å². The van der Waals surface area contributed by atoms with Gasteiger partial charge < -0.3 is 20.0 Å². The molecule has 6 nitrogen and oxygen atoms in total. The van der Waals surface area contributed by atoms with E-state index < -0.39 is 0 Å². The Morgan fingerprint density at radius 1 is 0.304 bits per heavy atom. The maximum atomic E-state index is 4.24. The Morgan fingerprint density at radius 2 is 0.598 bits per heavy atom. The molecule has 8 fully saturated rings. The van der Waals surface area contributed by atoms with Crippen molar-refractivity contribution in [3.05, 3.63) is 121 Å². The molecule has 9 aliphatic carbocycles. The minimum atomic E-state index is 0.560. The van der Waals surface area contributed by atoms with Gasteiger partial charge in [0.05, 0.1) is 0 Å². The van der Waals surface area contributed by atoms with Gasteiger partial charge in [-0.3, -0.25) is 0 Å². The molecule has 0 amide bonds. The second-order valence-corrected chi connectivity index (χ2v) is 31.9. The maximum absolute atomic E-state index is 4.24. The zero-order chi connectivity index (χ0) is 61.9. The van der Waals surface area contributed by atoms with Gasteiger partial charge in [0.2, 0.25) is 17.1 Å². The van der Waals surface area contributed by atoms with Gasteiger partial charge in [0.25, 0.3) is 0 Å². The van der Waals surface area contributed by atoms with E-state index in [9.17, 15) is 0 Å². The van der Waals surface area contributed by atoms with Crippen LogP contribution in [0.2, 0.25) is 0 Å². The van der Waals surface area contributed by atoms with Crippen LogP contribution in [0, 0.1) is 47.3 Å². The van der Waals surface area contributed by atoms with Gasteiger partial charge in [0.15, 0.2) is 5.71 Å². The minimum absolute atomic E-state index is 0.560. The predicted molar refractivity (Wildman–Crippen MR) is 396 cm³/mol. The van der Waals surface area contributed by atoms with E-state index >= 15 is 0 Å². The molecule has 8 saturated carbocycles. The molecule has 1 unspecified atom stereocenters. The first-order valence-electron chi connectivity index (χ1n) is 39.7. The number of hydrogen-bond donors (Lipinski definition) is 1. The molecular weight excluding hydrogens is 1120 g/mol. The van der Waals surface area contributed by atoms with Gasteiger partial charge in [-0.1, -0.05) is 167 Å². The second kappa shape index (κ2) is 34.0. The minimum Gasteiger partial charge on any atom is -0.382 e. The van der Waals surface area contributed by atoms with Crippen LogP contribution in [-0.4, -0.2) is 61.3 Å². The first kappa shape index (κ1) is 65.6. The summed E-state index contributed by atoms with van der Waals surface area (Å²) in [7, 11) is 0. The summed E-state index contributed by atoms with van der Waals surface area (Å²) in [6.07, 6.45) is 67.4. The van der Waals surface area contributed by atoms with E-state index in [-0.39, 0.29) is 0 Å². The van der Waals surface area contributed by atoms with Crippen molar-refractivity contribution < 1.29 is 4.58 Å². The number of nitrogens with zero attached hydrogens (tertiary/aromatic N) is 5. The Kier molecular flexibility index (Phi) is 24.2. The normalized spacial score (nSPS) is 22.1. The van der Waals surface area contributed by atoms with Crippen molar-refractivity contribution in [1.82, 2.24) is 4.58 Å². The molecule has 6 heteroatoms. The molecule has 1 N–H and O–H groups in total. The standard InChI is InChI=1S/C86H123N6/c1-9-25-68(26-10-1)61-86(75-39-23-8-24-40-75)87-76-41-43-80(44-42-76)91(81-51-45-77(46-52-81)88(62-69-27-11-2-12-28-69)63-70-29-13-3-14-30-70)84-57-59-85(60-58-84)92(82-53-47-78(48-54-82)89(64-71-31-15-4-16-32-71)65-72-33-17-5-18-34-72)83-55-49-79(50-56-83)90(66-73-35-19-6-20-36-73)67-74-37-21-7-22-38-74/h41-60,68-75,86H,1-40,61-67H2/q+1/p+1. The smallest absolute Gasteiger partial charge is 0.212 e. The largest absolute Gasteiger partial charge is 0.382 e. The van der Waals surface area contributed by atoms with Gasteiger partial charge in [-0.25, -0.2) is 4.58 Å². The van der Waals surface area contributed by atoms with Crippen LogP contribution in [-0.2, 0) is 0 Å². The van der Waals surface area contributed by atoms with Gasteiger partial charge in [-0.2, -0.15) is 4.58 Å². The van der Waals surface area contributed by atoms with Gasteiger partial charge in [0, 0.05) is 127 Å². The summed E-state index contributed by atoms with van der Waals surface area (Å²) >= 11 is 0. The molecule has 0 spiro atoms. The van der Waals surface area contributed by atoms with Crippen molar-refractivity contribution >= 4 is 56.9 Å². The van der Waals surface area contributed by atoms with Gasteiger partial charge in [0.1, 0.15) is 13.1 Å². The number of rotatable bonds is 24. The van der Waals surface area contributed by atoms with E-state index in [1.54, 1.807) is 0 Å². The lowest BCUT2D eigenvalue weighted by atomic mass is 9.77. The Labute approximate surface area is 560 Å². The molecule has 92 heavy (non-hydrogen) atoms. The monoisotopic (exact) mass is 1240 g/mol. The van der Waals surface area contributed by atoms with E-state index in [0.29, 0.717) is 6.04 Å². The molecule has 0 aromatic heterocycles. The van der Waals surface area contributed by atoms with Gasteiger partial charge >= 0.3 is 0 Å².